The Kier molecular flexibility index (Phi) is 5.64. The highest BCUT2D eigenvalue weighted by atomic mass is 16.3. The zero-order valence-electron chi connectivity index (χ0n) is 11.0. The second kappa shape index (κ2) is 7.51. The zero-order valence-corrected chi connectivity index (χ0v) is 11.0. The fraction of sp³-hybridized carbons (Fsp3) is 0.769. The lowest BCUT2D eigenvalue weighted by Gasteiger charge is -2.21. The van der Waals surface area contributed by atoms with E-state index in [2.05, 4.69) is 19.4 Å². The average molecular weight is 252 g/mol. The zero-order chi connectivity index (χ0) is 12.6. The van der Waals surface area contributed by atoms with Crippen LogP contribution < -0.4 is 0 Å². The van der Waals surface area contributed by atoms with E-state index in [0.29, 0.717) is 0 Å². The van der Waals surface area contributed by atoms with Gasteiger partial charge < -0.3 is 14.6 Å². The summed E-state index contributed by atoms with van der Waals surface area (Å²) in [6.07, 6.45) is 8.12. The van der Waals surface area contributed by atoms with E-state index in [1.54, 1.807) is 0 Å². The Balaban J connectivity index is 1.64. The standard InChI is InChI=1S/C13H24N4O/c18-12-11-16-6-1-4-15(9-10-16)5-2-7-17-8-3-14-13-17/h3,8,13,18H,1-2,4-7,9-12H2. The van der Waals surface area contributed by atoms with Gasteiger partial charge in [0.15, 0.2) is 0 Å². The topological polar surface area (TPSA) is 44.5 Å². The van der Waals surface area contributed by atoms with E-state index in [9.17, 15) is 0 Å². The molecule has 0 aromatic carbocycles. The first kappa shape index (κ1) is 13.5. The Morgan fingerprint density at radius 2 is 1.78 bits per heavy atom. The van der Waals surface area contributed by atoms with Crippen molar-refractivity contribution in [3.63, 3.8) is 0 Å². The molecule has 1 fully saturated rings. The van der Waals surface area contributed by atoms with Gasteiger partial charge in [-0.1, -0.05) is 0 Å². The van der Waals surface area contributed by atoms with E-state index in [1.807, 2.05) is 18.7 Å². The van der Waals surface area contributed by atoms with Gasteiger partial charge in [0.05, 0.1) is 12.9 Å². The lowest BCUT2D eigenvalue weighted by molar-refractivity contribution is 0.196. The van der Waals surface area contributed by atoms with Gasteiger partial charge in [-0.3, -0.25) is 4.90 Å². The molecule has 18 heavy (non-hydrogen) atoms. The molecule has 0 saturated carbocycles. The van der Waals surface area contributed by atoms with E-state index in [4.69, 9.17) is 5.11 Å². The molecule has 2 rings (SSSR count). The molecule has 1 N–H and O–H groups in total. The Bertz CT molecular complexity index is 315. The third kappa shape index (κ3) is 4.40. The minimum atomic E-state index is 0.278. The Morgan fingerprint density at radius 1 is 1.00 bits per heavy atom. The van der Waals surface area contributed by atoms with Crippen molar-refractivity contribution < 1.29 is 5.11 Å². The molecular formula is C13H24N4O. The monoisotopic (exact) mass is 252 g/mol. The van der Waals surface area contributed by atoms with Crippen LogP contribution in [-0.2, 0) is 6.54 Å². The molecule has 102 valence electrons. The number of imidazole rings is 1. The number of β-amino-alcohol motifs (C(OH)–C–C–N with tert-alkyl or cyclic N) is 1. The Labute approximate surface area is 109 Å². The maximum atomic E-state index is 8.96. The molecule has 0 amide bonds. The molecular weight excluding hydrogens is 228 g/mol. The quantitative estimate of drug-likeness (QED) is 0.789. The summed E-state index contributed by atoms with van der Waals surface area (Å²) in [6.45, 7) is 7.84. The molecule has 1 aromatic rings. The minimum Gasteiger partial charge on any atom is -0.395 e. The summed E-state index contributed by atoms with van der Waals surface area (Å²) in [5, 5.41) is 8.96. The SMILES string of the molecule is OCCN1CCCN(CCCn2ccnc2)CC1. The van der Waals surface area contributed by atoms with Crippen LogP contribution in [0, 0.1) is 0 Å². The third-order valence-electron chi connectivity index (χ3n) is 3.55. The van der Waals surface area contributed by atoms with Crippen molar-refractivity contribution in [3.05, 3.63) is 18.7 Å². The van der Waals surface area contributed by atoms with Crippen molar-refractivity contribution in [1.82, 2.24) is 19.4 Å². The van der Waals surface area contributed by atoms with Gasteiger partial charge in [0.25, 0.3) is 0 Å². The van der Waals surface area contributed by atoms with Crippen molar-refractivity contribution in [2.24, 2.45) is 0 Å². The predicted octanol–water partition coefficient (Wildman–Crippen LogP) is 0.273. The van der Waals surface area contributed by atoms with E-state index in [0.717, 1.165) is 39.3 Å². The van der Waals surface area contributed by atoms with Crippen LogP contribution in [0.15, 0.2) is 18.7 Å². The van der Waals surface area contributed by atoms with Crippen LogP contribution >= 0.6 is 0 Å². The van der Waals surface area contributed by atoms with E-state index in [-0.39, 0.29) is 6.61 Å². The van der Waals surface area contributed by atoms with Crippen molar-refractivity contribution in [2.45, 2.75) is 19.4 Å². The van der Waals surface area contributed by atoms with Gasteiger partial charge in [0.1, 0.15) is 0 Å². The summed E-state index contributed by atoms with van der Waals surface area (Å²) < 4.78 is 2.13. The summed E-state index contributed by atoms with van der Waals surface area (Å²) in [4.78, 5) is 8.95. The summed E-state index contributed by atoms with van der Waals surface area (Å²) in [6, 6.07) is 0. The van der Waals surface area contributed by atoms with Crippen molar-refractivity contribution in [3.8, 4) is 0 Å². The molecule has 5 nitrogen and oxygen atoms in total. The van der Waals surface area contributed by atoms with Crippen molar-refractivity contribution in [1.29, 1.82) is 0 Å². The highest BCUT2D eigenvalue weighted by molar-refractivity contribution is 4.74. The maximum absolute atomic E-state index is 8.96. The molecule has 5 heteroatoms. The summed E-state index contributed by atoms with van der Waals surface area (Å²) in [7, 11) is 0. The molecule has 1 saturated heterocycles. The molecule has 0 bridgehead atoms. The second-order valence-corrected chi connectivity index (χ2v) is 4.91. The number of nitrogens with zero attached hydrogens (tertiary/aromatic N) is 4. The van der Waals surface area contributed by atoms with Crippen molar-refractivity contribution in [2.75, 3.05) is 45.9 Å². The maximum Gasteiger partial charge on any atom is 0.0945 e. The largest absolute Gasteiger partial charge is 0.395 e. The smallest absolute Gasteiger partial charge is 0.0945 e. The normalized spacial score (nSPS) is 18.9. The second-order valence-electron chi connectivity index (χ2n) is 4.91. The number of aliphatic hydroxyl groups excluding tert-OH is 1. The van der Waals surface area contributed by atoms with Gasteiger partial charge in [0.2, 0.25) is 0 Å². The summed E-state index contributed by atoms with van der Waals surface area (Å²) in [5.41, 5.74) is 0. The van der Waals surface area contributed by atoms with Crippen LogP contribution in [0.25, 0.3) is 0 Å². The van der Waals surface area contributed by atoms with Gasteiger partial charge in [-0.05, 0) is 32.5 Å². The number of hydrogen-bond acceptors (Lipinski definition) is 4. The van der Waals surface area contributed by atoms with Gasteiger partial charge in [-0.15, -0.1) is 0 Å². The lowest BCUT2D eigenvalue weighted by atomic mass is 10.3. The van der Waals surface area contributed by atoms with E-state index < -0.39 is 0 Å². The molecule has 0 radical (unpaired) electrons. The molecule has 0 atom stereocenters. The van der Waals surface area contributed by atoms with Gasteiger partial charge in [-0.2, -0.15) is 0 Å². The van der Waals surface area contributed by atoms with Crippen molar-refractivity contribution >= 4 is 0 Å². The van der Waals surface area contributed by atoms with Gasteiger partial charge in [-0.25, -0.2) is 4.98 Å². The number of rotatable bonds is 6. The van der Waals surface area contributed by atoms with Crippen LogP contribution in [0.3, 0.4) is 0 Å². The molecule has 1 aliphatic heterocycles. The molecule has 2 heterocycles. The minimum absolute atomic E-state index is 0.278. The van der Waals surface area contributed by atoms with E-state index in [1.165, 1.54) is 19.4 Å². The van der Waals surface area contributed by atoms with Crippen LogP contribution in [0.1, 0.15) is 12.8 Å². The van der Waals surface area contributed by atoms with E-state index >= 15 is 0 Å². The molecule has 1 aliphatic rings. The fourth-order valence-electron chi connectivity index (χ4n) is 2.51. The van der Waals surface area contributed by atoms with Crippen LogP contribution in [0.2, 0.25) is 0 Å². The molecule has 0 spiro atoms. The van der Waals surface area contributed by atoms with Crippen LogP contribution in [0.4, 0.5) is 0 Å². The number of aromatic nitrogens is 2. The first-order chi connectivity index (χ1) is 8.88. The number of aryl methyl sites for hydroxylation is 1. The first-order valence-corrected chi connectivity index (χ1v) is 6.90. The van der Waals surface area contributed by atoms with Crippen LogP contribution in [0.5, 0.6) is 0 Å². The van der Waals surface area contributed by atoms with Gasteiger partial charge in [0, 0.05) is 38.6 Å². The van der Waals surface area contributed by atoms with Gasteiger partial charge >= 0.3 is 0 Å². The highest BCUT2D eigenvalue weighted by Gasteiger charge is 2.13. The molecule has 0 aliphatic carbocycles. The predicted molar refractivity (Wildman–Crippen MR) is 71.4 cm³/mol. The van der Waals surface area contributed by atoms with Crippen LogP contribution in [-0.4, -0.2) is 70.3 Å². The number of hydrogen-bond donors (Lipinski definition) is 1. The number of aliphatic hydroxyl groups is 1. The third-order valence-corrected chi connectivity index (χ3v) is 3.55. The Morgan fingerprint density at radius 3 is 2.44 bits per heavy atom. The first-order valence-electron chi connectivity index (χ1n) is 6.90. The lowest BCUT2D eigenvalue weighted by Crippen LogP contribution is -2.33. The average Bonchev–Trinajstić information content (AvgIpc) is 2.78. The summed E-state index contributed by atoms with van der Waals surface area (Å²) in [5.74, 6) is 0. The molecule has 1 aromatic heterocycles. The Hall–Kier alpha value is -0.910. The fourth-order valence-corrected chi connectivity index (χ4v) is 2.51. The molecule has 0 unspecified atom stereocenters. The summed E-state index contributed by atoms with van der Waals surface area (Å²) >= 11 is 0. The highest BCUT2D eigenvalue weighted by Crippen LogP contribution is 2.04.